The van der Waals surface area contributed by atoms with Crippen LogP contribution in [-0.2, 0) is 32.4 Å². The third kappa shape index (κ3) is 4.72. The Morgan fingerprint density at radius 1 is 0.943 bits per heavy atom. The van der Waals surface area contributed by atoms with Crippen molar-refractivity contribution in [3.05, 3.63) is 60.3 Å². The second-order valence-electron chi connectivity index (χ2n) is 9.74. The molecule has 184 valence electrons. The van der Waals surface area contributed by atoms with Gasteiger partial charge in [0.25, 0.3) is 0 Å². The summed E-state index contributed by atoms with van der Waals surface area (Å²) in [5.74, 6) is -0.421. The van der Waals surface area contributed by atoms with Crippen molar-refractivity contribution in [3.63, 3.8) is 0 Å². The van der Waals surface area contributed by atoms with E-state index in [1.54, 1.807) is 21.6 Å². The molecule has 3 heterocycles. The third-order valence-corrected chi connectivity index (χ3v) is 8.88. The maximum Gasteiger partial charge on any atom is 0.242 e. The largest absolute Gasteiger partial charge is 0.341 e. The molecule has 1 fully saturated rings. The van der Waals surface area contributed by atoms with E-state index >= 15 is 0 Å². The van der Waals surface area contributed by atoms with Gasteiger partial charge in [-0.3, -0.25) is 9.59 Å². The zero-order valence-electron chi connectivity index (χ0n) is 20.0. The van der Waals surface area contributed by atoms with E-state index in [-0.39, 0.29) is 17.3 Å². The summed E-state index contributed by atoms with van der Waals surface area (Å²) < 4.78 is 28.7. The molecule has 0 aliphatic carbocycles. The molecule has 1 aromatic heterocycles. The van der Waals surface area contributed by atoms with Gasteiger partial charge in [0.05, 0.1) is 4.90 Å². The van der Waals surface area contributed by atoms with Gasteiger partial charge in [0.15, 0.2) is 9.84 Å². The van der Waals surface area contributed by atoms with Crippen molar-refractivity contribution in [1.82, 2.24) is 9.47 Å². The zero-order chi connectivity index (χ0) is 24.6. The lowest BCUT2D eigenvalue weighted by Gasteiger charge is -2.30. The highest BCUT2D eigenvalue weighted by Gasteiger charge is 2.30. The molecule has 5 rings (SSSR count). The number of para-hydroxylation sites is 2. The standard InChI is InChI=1S/C27H31N3O4S/c1-20-12-15-28(16-13-20)26(31)18-29-17-25(22-9-3-5-11-24(22)29)35(33,34)19-27(32)30-14-6-8-21-7-2-4-10-23(21)30/h2-5,7,9-11,17,20H,6,8,12-16,18-19H2,1H3. The number of aryl methyl sites for hydroxylation is 1. The summed E-state index contributed by atoms with van der Waals surface area (Å²) in [5.41, 5.74) is 2.54. The molecule has 3 aromatic rings. The van der Waals surface area contributed by atoms with Gasteiger partial charge in [-0.1, -0.05) is 43.3 Å². The summed E-state index contributed by atoms with van der Waals surface area (Å²) in [6, 6.07) is 14.8. The fraction of sp³-hybridized carbons (Fsp3) is 0.407. The van der Waals surface area contributed by atoms with Crippen LogP contribution in [0.5, 0.6) is 0 Å². The maximum atomic E-state index is 13.5. The summed E-state index contributed by atoms with van der Waals surface area (Å²) in [4.78, 5) is 29.7. The van der Waals surface area contributed by atoms with Gasteiger partial charge in [-0.05, 0) is 49.3 Å². The van der Waals surface area contributed by atoms with E-state index in [1.807, 2.05) is 41.3 Å². The second-order valence-corrected chi connectivity index (χ2v) is 11.7. The number of anilines is 1. The number of sulfone groups is 1. The molecule has 0 spiro atoms. The van der Waals surface area contributed by atoms with Crippen molar-refractivity contribution in [2.45, 2.75) is 44.0 Å². The smallest absolute Gasteiger partial charge is 0.242 e. The number of hydrogen-bond donors (Lipinski definition) is 0. The van der Waals surface area contributed by atoms with Gasteiger partial charge in [-0.2, -0.15) is 0 Å². The van der Waals surface area contributed by atoms with Gasteiger partial charge >= 0.3 is 0 Å². The molecule has 0 atom stereocenters. The minimum Gasteiger partial charge on any atom is -0.341 e. The summed E-state index contributed by atoms with van der Waals surface area (Å²) in [5, 5.41) is 0.541. The number of rotatable bonds is 5. The first-order valence-electron chi connectivity index (χ1n) is 12.3. The van der Waals surface area contributed by atoms with E-state index in [0.717, 1.165) is 50.0 Å². The number of benzene rings is 2. The maximum absolute atomic E-state index is 13.5. The van der Waals surface area contributed by atoms with Crippen LogP contribution >= 0.6 is 0 Å². The Morgan fingerprint density at radius 2 is 1.66 bits per heavy atom. The fourth-order valence-electron chi connectivity index (χ4n) is 5.21. The van der Waals surface area contributed by atoms with Crippen molar-refractivity contribution >= 4 is 38.2 Å². The van der Waals surface area contributed by atoms with Gasteiger partial charge in [-0.25, -0.2) is 8.42 Å². The second kappa shape index (κ2) is 9.49. The number of aromatic nitrogens is 1. The van der Waals surface area contributed by atoms with Gasteiger partial charge in [-0.15, -0.1) is 0 Å². The molecular weight excluding hydrogens is 462 g/mol. The highest BCUT2D eigenvalue weighted by Crippen LogP contribution is 2.30. The number of nitrogens with zero attached hydrogens (tertiary/aromatic N) is 3. The molecule has 7 nitrogen and oxygen atoms in total. The third-order valence-electron chi connectivity index (χ3n) is 7.25. The number of piperidine rings is 1. The van der Waals surface area contributed by atoms with E-state index in [9.17, 15) is 18.0 Å². The lowest BCUT2D eigenvalue weighted by Crippen LogP contribution is -2.39. The zero-order valence-corrected chi connectivity index (χ0v) is 20.8. The Balaban J connectivity index is 1.40. The summed E-state index contributed by atoms with van der Waals surface area (Å²) >= 11 is 0. The van der Waals surface area contributed by atoms with E-state index < -0.39 is 21.5 Å². The first-order chi connectivity index (χ1) is 16.8. The Labute approximate surface area is 206 Å². The lowest BCUT2D eigenvalue weighted by molar-refractivity contribution is -0.133. The van der Waals surface area contributed by atoms with E-state index in [1.165, 1.54) is 6.20 Å². The van der Waals surface area contributed by atoms with Crippen LogP contribution in [0.4, 0.5) is 5.69 Å². The number of fused-ring (bicyclic) bond motifs is 2. The molecule has 0 bridgehead atoms. The number of likely N-dealkylation sites (tertiary alicyclic amines) is 1. The molecule has 2 aliphatic rings. The van der Waals surface area contributed by atoms with Crippen molar-refractivity contribution in [1.29, 1.82) is 0 Å². The van der Waals surface area contributed by atoms with Gasteiger partial charge in [0.1, 0.15) is 12.3 Å². The van der Waals surface area contributed by atoms with Crippen LogP contribution in [0.25, 0.3) is 10.9 Å². The van der Waals surface area contributed by atoms with E-state index in [0.29, 0.717) is 23.4 Å². The van der Waals surface area contributed by atoms with Crippen LogP contribution in [0.1, 0.15) is 31.7 Å². The molecule has 2 aliphatic heterocycles. The molecule has 0 saturated carbocycles. The Hall–Kier alpha value is -3.13. The molecule has 35 heavy (non-hydrogen) atoms. The van der Waals surface area contributed by atoms with Crippen molar-refractivity contribution in [2.75, 3.05) is 30.3 Å². The molecular formula is C27H31N3O4S. The summed E-state index contributed by atoms with van der Waals surface area (Å²) in [6.07, 6.45) is 5.19. The molecule has 0 unspecified atom stereocenters. The van der Waals surface area contributed by atoms with Crippen LogP contribution in [0, 0.1) is 5.92 Å². The van der Waals surface area contributed by atoms with Gasteiger partial charge in [0.2, 0.25) is 11.8 Å². The number of amides is 2. The Morgan fingerprint density at radius 3 is 2.46 bits per heavy atom. The monoisotopic (exact) mass is 493 g/mol. The Bertz CT molecular complexity index is 1370. The molecule has 0 radical (unpaired) electrons. The summed E-state index contributed by atoms with van der Waals surface area (Å²) in [7, 11) is -3.92. The van der Waals surface area contributed by atoms with Gasteiger partial charge in [0, 0.05) is 42.4 Å². The van der Waals surface area contributed by atoms with Gasteiger partial charge < -0.3 is 14.4 Å². The van der Waals surface area contributed by atoms with Crippen molar-refractivity contribution < 1.29 is 18.0 Å². The topological polar surface area (TPSA) is 79.7 Å². The predicted octanol–water partition coefficient (Wildman–Crippen LogP) is 3.65. The summed E-state index contributed by atoms with van der Waals surface area (Å²) in [6.45, 7) is 4.25. The fourth-order valence-corrected chi connectivity index (χ4v) is 6.64. The lowest BCUT2D eigenvalue weighted by atomic mass is 9.99. The van der Waals surface area contributed by atoms with Crippen LogP contribution < -0.4 is 4.90 Å². The number of carbonyl (C=O) groups excluding carboxylic acids is 2. The highest BCUT2D eigenvalue weighted by atomic mass is 32.2. The first-order valence-corrected chi connectivity index (χ1v) is 14.0. The SMILES string of the molecule is CC1CCN(C(=O)Cn2cc(S(=O)(=O)CC(=O)N3CCCc4ccccc43)c3ccccc32)CC1. The Kier molecular flexibility index (Phi) is 6.40. The van der Waals surface area contributed by atoms with E-state index in [2.05, 4.69) is 6.92 Å². The molecule has 2 amide bonds. The van der Waals surface area contributed by atoms with E-state index in [4.69, 9.17) is 0 Å². The molecule has 2 aromatic carbocycles. The number of carbonyl (C=O) groups is 2. The quantitative estimate of drug-likeness (QED) is 0.544. The van der Waals surface area contributed by atoms with Crippen LogP contribution in [-0.4, -0.2) is 55.1 Å². The molecule has 8 heteroatoms. The van der Waals surface area contributed by atoms with Crippen molar-refractivity contribution in [3.8, 4) is 0 Å². The first kappa shape index (κ1) is 23.6. The average molecular weight is 494 g/mol. The number of hydrogen-bond acceptors (Lipinski definition) is 4. The average Bonchev–Trinajstić information content (AvgIpc) is 3.23. The van der Waals surface area contributed by atoms with Crippen LogP contribution in [0.3, 0.4) is 0 Å². The molecule has 0 N–H and O–H groups in total. The van der Waals surface area contributed by atoms with Crippen molar-refractivity contribution in [2.24, 2.45) is 5.92 Å². The predicted molar refractivity (Wildman–Crippen MR) is 136 cm³/mol. The van der Waals surface area contributed by atoms with Crippen LogP contribution in [0.15, 0.2) is 59.6 Å². The minimum absolute atomic E-state index is 0.0115. The van der Waals surface area contributed by atoms with Crippen LogP contribution in [0.2, 0.25) is 0 Å². The molecule has 1 saturated heterocycles. The minimum atomic E-state index is -3.92. The normalized spacial score (nSPS) is 16.9. The highest BCUT2D eigenvalue weighted by molar-refractivity contribution is 7.92.